The second-order valence-corrected chi connectivity index (χ2v) is 6.46. The average Bonchev–Trinajstić information content (AvgIpc) is 2.76. The summed E-state index contributed by atoms with van der Waals surface area (Å²) >= 11 is 1.87. The summed E-state index contributed by atoms with van der Waals surface area (Å²) in [5, 5.41) is 0.209. The summed E-state index contributed by atoms with van der Waals surface area (Å²) < 4.78 is 0. The molecule has 0 saturated carbocycles. The summed E-state index contributed by atoms with van der Waals surface area (Å²) in [6, 6.07) is 6.51. The molecule has 1 aromatic rings. The minimum atomic E-state index is 0.0805. The smallest absolute Gasteiger partial charge is 0.226 e. The van der Waals surface area contributed by atoms with Gasteiger partial charge in [0.25, 0.3) is 0 Å². The Bertz CT molecular complexity index is 456. The third-order valence-corrected chi connectivity index (χ3v) is 4.60. The van der Waals surface area contributed by atoms with Crippen LogP contribution in [0.5, 0.6) is 0 Å². The minimum absolute atomic E-state index is 0.0805. The highest BCUT2D eigenvalue weighted by Crippen LogP contribution is 2.40. The number of aryl methyl sites for hydroxylation is 2. The van der Waals surface area contributed by atoms with E-state index in [9.17, 15) is 4.79 Å². The number of thioether (sulfide) groups is 1. The van der Waals surface area contributed by atoms with Crippen LogP contribution in [0.4, 0.5) is 0 Å². The molecular formula is C15H21NOS. The lowest BCUT2D eigenvalue weighted by molar-refractivity contribution is -0.134. The van der Waals surface area contributed by atoms with Crippen molar-refractivity contribution in [3.63, 3.8) is 0 Å². The van der Waals surface area contributed by atoms with E-state index >= 15 is 0 Å². The van der Waals surface area contributed by atoms with Crippen LogP contribution in [0.15, 0.2) is 18.2 Å². The second kappa shape index (κ2) is 5.35. The number of carbonyl (C=O) groups is 1. The molecule has 98 valence electrons. The maximum atomic E-state index is 12.2. The molecule has 0 bridgehead atoms. The molecule has 2 rings (SSSR count). The number of nitrogens with zero attached hydrogens (tertiary/aromatic N) is 1. The van der Waals surface area contributed by atoms with E-state index < -0.39 is 0 Å². The molecule has 1 amide bonds. The molecule has 1 heterocycles. The summed E-state index contributed by atoms with van der Waals surface area (Å²) in [5.41, 5.74) is 3.86. The highest BCUT2D eigenvalue weighted by Gasteiger charge is 2.32. The van der Waals surface area contributed by atoms with E-state index in [0.29, 0.717) is 0 Å². The molecule has 1 saturated heterocycles. The standard InChI is InChI=1S/C15H21NOS/c1-10(2)14(17)16-7-8-18-15(16)13-6-5-11(3)9-12(13)4/h5-6,9-10,15H,7-8H2,1-4H3. The van der Waals surface area contributed by atoms with Gasteiger partial charge < -0.3 is 4.90 Å². The quantitative estimate of drug-likeness (QED) is 0.813. The van der Waals surface area contributed by atoms with Gasteiger partial charge in [-0.2, -0.15) is 0 Å². The fourth-order valence-electron chi connectivity index (χ4n) is 2.39. The topological polar surface area (TPSA) is 20.3 Å². The van der Waals surface area contributed by atoms with Gasteiger partial charge in [0.1, 0.15) is 5.37 Å². The van der Waals surface area contributed by atoms with Gasteiger partial charge in [0.15, 0.2) is 0 Å². The number of rotatable bonds is 2. The molecule has 0 N–H and O–H groups in total. The monoisotopic (exact) mass is 263 g/mol. The zero-order valence-corrected chi connectivity index (χ0v) is 12.4. The summed E-state index contributed by atoms with van der Waals surface area (Å²) in [5.74, 6) is 1.39. The molecular weight excluding hydrogens is 242 g/mol. The van der Waals surface area contributed by atoms with Gasteiger partial charge in [-0.25, -0.2) is 0 Å². The van der Waals surface area contributed by atoms with Crippen molar-refractivity contribution in [2.75, 3.05) is 12.3 Å². The van der Waals surface area contributed by atoms with Crippen LogP contribution < -0.4 is 0 Å². The highest BCUT2D eigenvalue weighted by molar-refractivity contribution is 7.99. The van der Waals surface area contributed by atoms with Crippen molar-refractivity contribution in [3.8, 4) is 0 Å². The Labute approximate surface area is 114 Å². The lowest BCUT2D eigenvalue weighted by atomic mass is 10.0. The van der Waals surface area contributed by atoms with Crippen LogP contribution >= 0.6 is 11.8 Å². The minimum Gasteiger partial charge on any atom is -0.326 e. The van der Waals surface area contributed by atoms with Gasteiger partial charge in [-0.1, -0.05) is 37.6 Å². The van der Waals surface area contributed by atoms with Gasteiger partial charge in [0.2, 0.25) is 5.91 Å². The highest BCUT2D eigenvalue weighted by atomic mass is 32.2. The lowest BCUT2D eigenvalue weighted by Gasteiger charge is -2.27. The van der Waals surface area contributed by atoms with Crippen LogP contribution in [0.3, 0.4) is 0 Å². The van der Waals surface area contributed by atoms with E-state index in [4.69, 9.17) is 0 Å². The van der Waals surface area contributed by atoms with Crippen LogP contribution in [0.1, 0.15) is 35.9 Å². The fraction of sp³-hybridized carbons (Fsp3) is 0.533. The Morgan fingerprint density at radius 2 is 2.11 bits per heavy atom. The Hall–Kier alpha value is -0.960. The molecule has 0 aliphatic carbocycles. The molecule has 18 heavy (non-hydrogen) atoms. The van der Waals surface area contributed by atoms with E-state index in [2.05, 4.69) is 32.0 Å². The SMILES string of the molecule is Cc1ccc(C2SCCN2C(=O)C(C)C)c(C)c1. The molecule has 0 aromatic heterocycles. The molecule has 3 heteroatoms. The van der Waals surface area contributed by atoms with Crippen LogP contribution in [0.2, 0.25) is 0 Å². The summed E-state index contributed by atoms with van der Waals surface area (Å²) in [4.78, 5) is 14.3. The van der Waals surface area contributed by atoms with E-state index in [1.54, 1.807) is 0 Å². The van der Waals surface area contributed by atoms with E-state index in [1.807, 2.05) is 30.5 Å². The molecule has 2 nitrogen and oxygen atoms in total. The van der Waals surface area contributed by atoms with Gasteiger partial charge in [-0.15, -0.1) is 11.8 Å². The van der Waals surface area contributed by atoms with E-state index in [-0.39, 0.29) is 17.2 Å². The molecule has 1 aliphatic rings. The predicted molar refractivity (Wildman–Crippen MR) is 77.7 cm³/mol. The Morgan fingerprint density at radius 1 is 1.39 bits per heavy atom. The zero-order chi connectivity index (χ0) is 13.3. The first-order valence-electron chi connectivity index (χ1n) is 6.50. The predicted octanol–water partition coefficient (Wildman–Crippen LogP) is 3.53. The number of hydrogen-bond donors (Lipinski definition) is 0. The molecule has 1 aromatic carbocycles. The van der Waals surface area contributed by atoms with Gasteiger partial charge in [-0.05, 0) is 25.0 Å². The maximum Gasteiger partial charge on any atom is 0.226 e. The van der Waals surface area contributed by atoms with Crippen molar-refractivity contribution < 1.29 is 4.79 Å². The van der Waals surface area contributed by atoms with Crippen molar-refractivity contribution in [1.29, 1.82) is 0 Å². The molecule has 1 fully saturated rings. The first-order chi connectivity index (χ1) is 8.50. The Kier molecular flexibility index (Phi) is 4.00. The third kappa shape index (κ3) is 2.56. The normalized spacial score (nSPS) is 19.6. The Morgan fingerprint density at radius 3 is 2.72 bits per heavy atom. The van der Waals surface area contributed by atoms with Gasteiger partial charge in [-0.3, -0.25) is 4.79 Å². The first kappa shape index (κ1) is 13.5. The molecule has 1 atom stereocenters. The number of benzene rings is 1. The summed E-state index contributed by atoms with van der Waals surface area (Å²) in [6.45, 7) is 9.07. The van der Waals surface area contributed by atoms with E-state index in [1.165, 1.54) is 16.7 Å². The zero-order valence-electron chi connectivity index (χ0n) is 11.6. The van der Waals surface area contributed by atoms with Crippen molar-refractivity contribution in [3.05, 3.63) is 34.9 Å². The van der Waals surface area contributed by atoms with Crippen molar-refractivity contribution >= 4 is 17.7 Å². The second-order valence-electron chi connectivity index (χ2n) is 5.27. The lowest BCUT2D eigenvalue weighted by Crippen LogP contribution is -2.33. The first-order valence-corrected chi connectivity index (χ1v) is 7.55. The summed E-state index contributed by atoms with van der Waals surface area (Å²) in [7, 11) is 0. The molecule has 0 radical (unpaired) electrons. The van der Waals surface area contributed by atoms with Gasteiger partial charge in [0, 0.05) is 18.2 Å². The van der Waals surface area contributed by atoms with Crippen molar-refractivity contribution in [2.24, 2.45) is 5.92 Å². The maximum absolute atomic E-state index is 12.2. The number of hydrogen-bond acceptors (Lipinski definition) is 2. The van der Waals surface area contributed by atoms with Gasteiger partial charge >= 0.3 is 0 Å². The molecule has 0 spiro atoms. The van der Waals surface area contributed by atoms with Crippen LogP contribution in [-0.4, -0.2) is 23.1 Å². The average molecular weight is 263 g/mol. The van der Waals surface area contributed by atoms with Crippen molar-refractivity contribution in [1.82, 2.24) is 4.90 Å². The Balaban J connectivity index is 2.29. The largest absolute Gasteiger partial charge is 0.326 e. The van der Waals surface area contributed by atoms with Crippen LogP contribution in [0.25, 0.3) is 0 Å². The molecule has 1 aliphatic heterocycles. The van der Waals surface area contributed by atoms with Gasteiger partial charge in [0.05, 0.1) is 0 Å². The van der Waals surface area contributed by atoms with Crippen molar-refractivity contribution in [2.45, 2.75) is 33.1 Å². The summed E-state index contributed by atoms with van der Waals surface area (Å²) in [6.07, 6.45) is 0. The van der Waals surface area contributed by atoms with Crippen LogP contribution in [-0.2, 0) is 4.79 Å². The number of amides is 1. The van der Waals surface area contributed by atoms with E-state index in [0.717, 1.165) is 12.3 Å². The third-order valence-electron chi connectivity index (χ3n) is 3.36. The van der Waals surface area contributed by atoms with Crippen LogP contribution in [0, 0.1) is 19.8 Å². The number of carbonyl (C=O) groups excluding carboxylic acids is 1. The fourth-order valence-corrected chi connectivity index (χ4v) is 3.75. The molecule has 1 unspecified atom stereocenters.